The Bertz CT molecular complexity index is 1110. The number of carbonyl (C=O) groups is 1. The van der Waals surface area contributed by atoms with Gasteiger partial charge in [-0.05, 0) is 38.1 Å². The minimum absolute atomic E-state index is 0.0269. The van der Waals surface area contributed by atoms with Gasteiger partial charge in [0.2, 0.25) is 0 Å². The molecule has 0 atom stereocenters. The summed E-state index contributed by atoms with van der Waals surface area (Å²) >= 11 is 0. The molecule has 0 N–H and O–H groups in total. The fourth-order valence-corrected chi connectivity index (χ4v) is 3.58. The predicted octanol–water partition coefficient (Wildman–Crippen LogP) is 3.03. The molecule has 0 unspecified atom stereocenters. The van der Waals surface area contributed by atoms with Crippen LogP contribution in [-0.4, -0.2) is 56.9 Å². The van der Waals surface area contributed by atoms with Crippen LogP contribution in [0.2, 0.25) is 0 Å². The molecule has 31 heavy (non-hydrogen) atoms. The van der Waals surface area contributed by atoms with Gasteiger partial charge in [0.25, 0.3) is 11.6 Å². The lowest BCUT2D eigenvalue weighted by Gasteiger charge is -2.36. The third-order valence-corrected chi connectivity index (χ3v) is 5.49. The highest BCUT2D eigenvalue weighted by Gasteiger charge is 2.25. The standard InChI is InChI=1S/C22H22N6O3/c1-15-16(2)24-20(17-7-9-23-10-8-17)25-21(15)26-11-13-27(14-12-26)22(29)18-3-5-19(6-4-18)28(30)31/h3-10H,11-14H2,1-2H3. The number of hydrogen-bond donors (Lipinski definition) is 0. The number of carbonyl (C=O) groups excluding carboxylic acids is 1. The van der Waals surface area contributed by atoms with E-state index in [1.54, 1.807) is 17.3 Å². The van der Waals surface area contributed by atoms with Crippen molar-refractivity contribution >= 4 is 17.4 Å². The number of non-ortho nitro benzene ring substituents is 1. The number of nitro groups is 1. The van der Waals surface area contributed by atoms with Gasteiger partial charge in [0.15, 0.2) is 5.82 Å². The van der Waals surface area contributed by atoms with Crippen LogP contribution in [0.3, 0.4) is 0 Å². The van der Waals surface area contributed by atoms with Crippen molar-refractivity contribution in [2.75, 3.05) is 31.1 Å². The van der Waals surface area contributed by atoms with Crippen LogP contribution in [-0.2, 0) is 0 Å². The van der Waals surface area contributed by atoms with Crippen molar-refractivity contribution in [3.63, 3.8) is 0 Å². The molecule has 9 heteroatoms. The number of hydrogen-bond acceptors (Lipinski definition) is 7. The van der Waals surface area contributed by atoms with Crippen LogP contribution < -0.4 is 4.90 Å². The number of nitro benzene ring substituents is 1. The second-order valence-electron chi connectivity index (χ2n) is 7.40. The highest BCUT2D eigenvalue weighted by molar-refractivity contribution is 5.94. The molecule has 1 aliphatic rings. The molecule has 9 nitrogen and oxygen atoms in total. The van der Waals surface area contributed by atoms with Crippen molar-refractivity contribution in [1.29, 1.82) is 0 Å². The minimum Gasteiger partial charge on any atom is -0.353 e. The second kappa shape index (κ2) is 8.47. The van der Waals surface area contributed by atoms with Crippen molar-refractivity contribution in [3.8, 4) is 11.4 Å². The Labute approximate surface area is 179 Å². The Morgan fingerprint density at radius 2 is 1.61 bits per heavy atom. The molecule has 3 heterocycles. The van der Waals surface area contributed by atoms with Gasteiger partial charge in [-0.2, -0.15) is 0 Å². The number of aryl methyl sites for hydroxylation is 1. The monoisotopic (exact) mass is 418 g/mol. The van der Waals surface area contributed by atoms with E-state index in [9.17, 15) is 14.9 Å². The van der Waals surface area contributed by atoms with Crippen LogP contribution in [0.1, 0.15) is 21.6 Å². The van der Waals surface area contributed by atoms with E-state index in [4.69, 9.17) is 4.98 Å². The van der Waals surface area contributed by atoms with Crippen molar-refractivity contribution < 1.29 is 9.72 Å². The number of aromatic nitrogens is 3. The van der Waals surface area contributed by atoms with Gasteiger partial charge in [0, 0.05) is 73.1 Å². The number of rotatable bonds is 4. The lowest BCUT2D eigenvalue weighted by molar-refractivity contribution is -0.384. The number of pyridine rings is 1. The molecular weight excluding hydrogens is 396 g/mol. The van der Waals surface area contributed by atoms with Crippen molar-refractivity contribution in [2.45, 2.75) is 13.8 Å². The summed E-state index contributed by atoms with van der Waals surface area (Å²) < 4.78 is 0. The van der Waals surface area contributed by atoms with E-state index in [-0.39, 0.29) is 11.6 Å². The molecule has 4 rings (SSSR count). The summed E-state index contributed by atoms with van der Waals surface area (Å²) in [6, 6.07) is 9.50. The number of benzene rings is 1. The lowest BCUT2D eigenvalue weighted by Crippen LogP contribution is -2.49. The first kappa shape index (κ1) is 20.4. The number of nitrogens with zero attached hydrogens (tertiary/aromatic N) is 6. The van der Waals surface area contributed by atoms with Crippen LogP contribution in [0, 0.1) is 24.0 Å². The van der Waals surface area contributed by atoms with E-state index in [0.717, 1.165) is 22.6 Å². The summed E-state index contributed by atoms with van der Waals surface area (Å²) in [5.74, 6) is 1.41. The van der Waals surface area contributed by atoms with E-state index in [2.05, 4.69) is 14.9 Å². The molecule has 1 aliphatic heterocycles. The first-order chi connectivity index (χ1) is 14.9. The zero-order valence-electron chi connectivity index (χ0n) is 17.4. The zero-order chi connectivity index (χ0) is 22.0. The van der Waals surface area contributed by atoms with Gasteiger partial charge >= 0.3 is 0 Å². The molecule has 0 bridgehead atoms. The molecule has 1 aromatic carbocycles. The molecule has 0 radical (unpaired) electrons. The Balaban J connectivity index is 1.49. The van der Waals surface area contributed by atoms with Crippen LogP contribution in [0.15, 0.2) is 48.8 Å². The average Bonchev–Trinajstić information content (AvgIpc) is 2.81. The Kier molecular flexibility index (Phi) is 5.57. The molecule has 2 aromatic heterocycles. The minimum atomic E-state index is -0.473. The van der Waals surface area contributed by atoms with Gasteiger partial charge < -0.3 is 9.80 Å². The summed E-state index contributed by atoms with van der Waals surface area (Å²) in [7, 11) is 0. The largest absolute Gasteiger partial charge is 0.353 e. The van der Waals surface area contributed by atoms with Crippen molar-refractivity contribution in [3.05, 3.63) is 75.7 Å². The fraction of sp³-hybridized carbons (Fsp3) is 0.273. The van der Waals surface area contributed by atoms with E-state index in [1.165, 1.54) is 24.3 Å². The summed E-state index contributed by atoms with van der Waals surface area (Å²) in [5, 5.41) is 10.8. The van der Waals surface area contributed by atoms with Crippen LogP contribution in [0.25, 0.3) is 11.4 Å². The highest BCUT2D eigenvalue weighted by atomic mass is 16.6. The molecule has 1 amide bonds. The van der Waals surface area contributed by atoms with Crippen molar-refractivity contribution in [1.82, 2.24) is 19.9 Å². The summed E-state index contributed by atoms with van der Waals surface area (Å²) in [4.78, 5) is 40.5. The van der Waals surface area contributed by atoms with Gasteiger partial charge in [0.1, 0.15) is 5.82 Å². The summed E-state index contributed by atoms with van der Waals surface area (Å²) in [6.07, 6.45) is 3.44. The van der Waals surface area contributed by atoms with Gasteiger partial charge in [-0.25, -0.2) is 9.97 Å². The molecule has 0 saturated carbocycles. The number of piperazine rings is 1. The van der Waals surface area contributed by atoms with Crippen LogP contribution >= 0.6 is 0 Å². The predicted molar refractivity (Wildman–Crippen MR) is 116 cm³/mol. The Morgan fingerprint density at radius 3 is 2.23 bits per heavy atom. The molecular formula is C22H22N6O3. The third-order valence-electron chi connectivity index (χ3n) is 5.49. The van der Waals surface area contributed by atoms with Crippen LogP contribution in [0.5, 0.6) is 0 Å². The molecule has 3 aromatic rings. The normalized spacial score (nSPS) is 13.9. The fourth-order valence-electron chi connectivity index (χ4n) is 3.58. The maximum atomic E-state index is 12.8. The highest BCUT2D eigenvalue weighted by Crippen LogP contribution is 2.25. The second-order valence-corrected chi connectivity index (χ2v) is 7.40. The van der Waals surface area contributed by atoms with E-state index < -0.39 is 4.92 Å². The maximum Gasteiger partial charge on any atom is 0.269 e. The molecule has 158 valence electrons. The summed E-state index contributed by atoms with van der Waals surface area (Å²) in [5.41, 5.74) is 3.27. The molecule has 1 saturated heterocycles. The SMILES string of the molecule is Cc1nc(-c2ccncc2)nc(N2CCN(C(=O)c3ccc([N+](=O)[O-])cc3)CC2)c1C. The number of amides is 1. The lowest BCUT2D eigenvalue weighted by atomic mass is 10.1. The third kappa shape index (κ3) is 4.20. The quantitative estimate of drug-likeness (QED) is 0.474. The summed E-state index contributed by atoms with van der Waals surface area (Å²) in [6.45, 7) is 6.36. The first-order valence-corrected chi connectivity index (χ1v) is 9.98. The molecule has 0 aliphatic carbocycles. The van der Waals surface area contributed by atoms with Gasteiger partial charge in [-0.15, -0.1) is 0 Å². The molecule has 0 spiro atoms. The van der Waals surface area contributed by atoms with E-state index >= 15 is 0 Å². The Hall–Kier alpha value is -3.88. The first-order valence-electron chi connectivity index (χ1n) is 9.98. The number of anilines is 1. The van der Waals surface area contributed by atoms with Crippen molar-refractivity contribution in [2.24, 2.45) is 0 Å². The molecule has 1 fully saturated rings. The maximum absolute atomic E-state index is 12.8. The van der Waals surface area contributed by atoms with E-state index in [0.29, 0.717) is 37.6 Å². The van der Waals surface area contributed by atoms with E-state index in [1.807, 2.05) is 26.0 Å². The van der Waals surface area contributed by atoms with Gasteiger partial charge in [-0.3, -0.25) is 19.9 Å². The van der Waals surface area contributed by atoms with Gasteiger partial charge in [-0.1, -0.05) is 0 Å². The average molecular weight is 418 g/mol. The topological polar surface area (TPSA) is 105 Å². The Morgan fingerprint density at radius 1 is 0.968 bits per heavy atom. The zero-order valence-corrected chi connectivity index (χ0v) is 17.4. The van der Waals surface area contributed by atoms with Gasteiger partial charge in [0.05, 0.1) is 4.92 Å². The smallest absolute Gasteiger partial charge is 0.269 e. The van der Waals surface area contributed by atoms with Crippen LogP contribution in [0.4, 0.5) is 11.5 Å².